The second-order valence-corrected chi connectivity index (χ2v) is 11.1. The Morgan fingerprint density at radius 3 is 2.11 bits per heavy atom. The number of nitrogens with one attached hydrogen (secondary N) is 1. The maximum Gasteiger partial charge on any atom is 0.247 e. The molecule has 1 heterocycles. The standard InChI is InChI=1S/C19H22N2O5S2/c1-14-4-6-15(7-5-14)12-20-28(25,26)17-10-8-16(9-11-17)21-18(22)19(2,3)13-27(21,23)24/h4-11,20H,12-13H2,1-3H3. The van der Waals surface area contributed by atoms with E-state index in [1.165, 1.54) is 24.3 Å². The maximum atomic E-state index is 12.5. The summed E-state index contributed by atoms with van der Waals surface area (Å²) in [6, 6.07) is 12.7. The van der Waals surface area contributed by atoms with E-state index in [1.54, 1.807) is 13.8 Å². The van der Waals surface area contributed by atoms with Crippen LogP contribution in [-0.4, -0.2) is 28.5 Å². The molecule has 150 valence electrons. The molecule has 0 radical (unpaired) electrons. The van der Waals surface area contributed by atoms with Gasteiger partial charge in [0.1, 0.15) is 0 Å². The minimum absolute atomic E-state index is 0.00772. The number of amides is 1. The number of hydrogen-bond acceptors (Lipinski definition) is 5. The normalized spacial score (nSPS) is 18.4. The van der Waals surface area contributed by atoms with Crippen LogP contribution in [0.2, 0.25) is 0 Å². The average molecular weight is 423 g/mol. The molecule has 1 aliphatic rings. The topological polar surface area (TPSA) is 101 Å². The van der Waals surface area contributed by atoms with Crippen molar-refractivity contribution in [2.45, 2.75) is 32.2 Å². The molecule has 1 amide bonds. The van der Waals surface area contributed by atoms with Gasteiger partial charge in [0.25, 0.3) is 0 Å². The Morgan fingerprint density at radius 1 is 1.04 bits per heavy atom. The van der Waals surface area contributed by atoms with Crippen molar-refractivity contribution in [3.8, 4) is 0 Å². The summed E-state index contributed by atoms with van der Waals surface area (Å²) in [4.78, 5) is 12.4. The maximum absolute atomic E-state index is 12.5. The van der Waals surface area contributed by atoms with Gasteiger partial charge >= 0.3 is 0 Å². The molecule has 1 fully saturated rings. The summed E-state index contributed by atoms with van der Waals surface area (Å²) in [6.07, 6.45) is 0. The van der Waals surface area contributed by atoms with Crippen molar-refractivity contribution in [2.75, 3.05) is 10.1 Å². The number of aryl methyl sites for hydroxylation is 1. The van der Waals surface area contributed by atoms with E-state index in [9.17, 15) is 21.6 Å². The smallest absolute Gasteiger partial charge is 0.247 e. The van der Waals surface area contributed by atoms with Gasteiger partial charge < -0.3 is 0 Å². The largest absolute Gasteiger partial charge is 0.273 e. The Balaban J connectivity index is 1.80. The van der Waals surface area contributed by atoms with Crippen LogP contribution < -0.4 is 9.03 Å². The lowest BCUT2D eigenvalue weighted by Crippen LogP contribution is -2.33. The van der Waals surface area contributed by atoms with Crippen molar-refractivity contribution in [3.63, 3.8) is 0 Å². The molecular weight excluding hydrogens is 400 g/mol. The number of hydrogen-bond donors (Lipinski definition) is 1. The SMILES string of the molecule is Cc1ccc(CNS(=O)(=O)c2ccc(N3C(=O)C(C)(C)CS3(=O)=O)cc2)cc1. The molecule has 2 aromatic carbocycles. The number of carbonyl (C=O) groups excluding carboxylic acids is 1. The highest BCUT2D eigenvalue weighted by Gasteiger charge is 2.49. The van der Waals surface area contributed by atoms with Crippen LogP contribution in [0, 0.1) is 12.3 Å². The Morgan fingerprint density at radius 2 is 1.61 bits per heavy atom. The Bertz CT molecular complexity index is 1100. The number of benzene rings is 2. The quantitative estimate of drug-likeness (QED) is 0.796. The predicted molar refractivity (Wildman–Crippen MR) is 107 cm³/mol. The van der Waals surface area contributed by atoms with E-state index >= 15 is 0 Å². The number of rotatable bonds is 5. The van der Waals surface area contributed by atoms with Gasteiger partial charge in [-0.15, -0.1) is 0 Å². The first-order chi connectivity index (χ1) is 12.9. The Hall–Kier alpha value is -2.23. The highest BCUT2D eigenvalue weighted by atomic mass is 32.2. The highest BCUT2D eigenvalue weighted by molar-refractivity contribution is 7.94. The van der Waals surface area contributed by atoms with Crippen molar-refractivity contribution in [2.24, 2.45) is 5.41 Å². The summed E-state index contributed by atoms with van der Waals surface area (Å²) in [6.45, 7) is 5.22. The van der Waals surface area contributed by atoms with E-state index in [-0.39, 0.29) is 22.9 Å². The minimum Gasteiger partial charge on any atom is -0.273 e. The van der Waals surface area contributed by atoms with Gasteiger partial charge in [-0.25, -0.2) is 25.9 Å². The first-order valence-corrected chi connectivity index (χ1v) is 11.7. The van der Waals surface area contributed by atoms with E-state index in [0.717, 1.165) is 15.4 Å². The third kappa shape index (κ3) is 3.96. The lowest BCUT2D eigenvalue weighted by molar-refractivity contribution is -0.123. The number of carbonyl (C=O) groups is 1. The zero-order valence-corrected chi connectivity index (χ0v) is 17.5. The van der Waals surface area contributed by atoms with Crippen LogP contribution in [0.15, 0.2) is 53.4 Å². The lowest BCUT2D eigenvalue weighted by Gasteiger charge is -2.17. The van der Waals surface area contributed by atoms with Crippen LogP contribution >= 0.6 is 0 Å². The molecule has 0 aromatic heterocycles. The van der Waals surface area contributed by atoms with E-state index in [4.69, 9.17) is 0 Å². The third-order valence-corrected chi connectivity index (χ3v) is 7.99. The van der Waals surface area contributed by atoms with E-state index in [2.05, 4.69) is 4.72 Å². The minimum atomic E-state index is -3.78. The average Bonchev–Trinajstić information content (AvgIpc) is 2.77. The molecule has 0 bridgehead atoms. The molecule has 7 nitrogen and oxygen atoms in total. The molecule has 1 aliphatic heterocycles. The van der Waals surface area contributed by atoms with Crippen molar-refractivity contribution < 1.29 is 21.6 Å². The van der Waals surface area contributed by atoms with Gasteiger partial charge in [0.05, 0.1) is 21.8 Å². The first kappa shape index (κ1) is 20.5. The Labute approximate surface area is 165 Å². The van der Waals surface area contributed by atoms with Crippen LogP contribution in [0.25, 0.3) is 0 Å². The van der Waals surface area contributed by atoms with Crippen LogP contribution in [0.5, 0.6) is 0 Å². The van der Waals surface area contributed by atoms with Crippen LogP contribution in [0.3, 0.4) is 0 Å². The Kier molecular flexibility index (Phi) is 5.11. The summed E-state index contributed by atoms with van der Waals surface area (Å²) in [5.41, 5.74) is 1.02. The van der Waals surface area contributed by atoms with Gasteiger partial charge in [0.2, 0.25) is 26.0 Å². The van der Waals surface area contributed by atoms with Crippen molar-refractivity contribution in [1.82, 2.24) is 4.72 Å². The number of nitrogens with zero attached hydrogens (tertiary/aromatic N) is 1. The molecule has 0 unspecified atom stereocenters. The van der Waals surface area contributed by atoms with Gasteiger partial charge in [-0.05, 0) is 50.6 Å². The molecular formula is C19H22N2O5S2. The van der Waals surface area contributed by atoms with Crippen LogP contribution in [-0.2, 0) is 31.4 Å². The highest BCUT2D eigenvalue weighted by Crippen LogP contribution is 2.35. The number of anilines is 1. The molecule has 0 saturated carbocycles. The second-order valence-electron chi connectivity index (χ2n) is 7.51. The van der Waals surface area contributed by atoms with Crippen molar-refractivity contribution >= 4 is 31.6 Å². The molecule has 1 saturated heterocycles. The predicted octanol–water partition coefficient (Wildman–Crippen LogP) is 2.18. The van der Waals surface area contributed by atoms with Gasteiger partial charge in [-0.2, -0.15) is 0 Å². The molecule has 0 spiro atoms. The van der Waals surface area contributed by atoms with Crippen LogP contribution in [0.1, 0.15) is 25.0 Å². The monoisotopic (exact) mass is 422 g/mol. The van der Waals surface area contributed by atoms with Gasteiger partial charge in [-0.1, -0.05) is 29.8 Å². The van der Waals surface area contributed by atoms with Crippen LogP contribution in [0.4, 0.5) is 5.69 Å². The fraction of sp³-hybridized carbons (Fsp3) is 0.316. The van der Waals surface area contributed by atoms with Crippen molar-refractivity contribution in [1.29, 1.82) is 0 Å². The zero-order chi connectivity index (χ0) is 20.7. The fourth-order valence-corrected chi connectivity index (χ4v) is 6.11. The second kappa shape index (κ2) is 6.98. The number of sulfonamides is 2. The molecule has 0 atom stereocenters. The first-order valence-electron chi connectivity index (χ1n) is 8.65. The summed E-state index contributed by atoms with van der Waals surface area (Å²) < 4.78 is 52.9. The summed E-state index contributed by atoms with van der Waals surface area (Å²) in [5.74, 6) is -0.808. The molecule has 1 N–H and O–H groups in total. The van der Waals surface area contributed by atoms with E-state index in [0.29, 0.717) is 0 Å². The molecule has 2 aromatic rings. The van der Waals surface area contributed by atoms with Gasteiger partial charge in [-0.3, -0.25) is 4.79 Å². The van der Waals surface area contributed by atoms with E-state index < -0.39 is 31.4 Å². The lowest BCUT2D eigenvalue weighted by atomic mass is 9.95. The van der Waals surface area contributed by atoms with E-state index in [1.807, 2.05) is 31.2 Å². The third-order valence-electron chi connectivity index (χ3n) is 4.55. The molecule has 28 heavy (non-hydrogen) atoms. The van der Waals surface area contributed by atoms with Gasteiger partial charge in [0.15, 0.2) is 0 Å². The summed E-state index contributed by atoms with van der Waals surface area (Å²) in [7, 11) is -7.55. The van der Waals surface area contributed by atoms with Gasteiger partial charge in [0, 0.05) is 6.54 Å². The fourth-order valence-electron chi connectivity index (χ4n) is 2.99. The zero-order valence-electron chi connectivity index (χ0n) is 15.8. The molecule has 9 heteroatoms. The molecule has 3 rings (SSSR count). The summed E-state index contributed by atoms with van der Waals surface area (Å²) >= 11 is 0. The molecule has 0 aliphatic carbocycles. The van der Waals surface area contributed by atoms with Crippen molar-refractivity contribution in [3.05, 3.63) is 59.7 Å². The summed E-state index contributed by atoms with van der Waals surface area (Å²) in [5, 5.41) is 0.